The topological polar surface area (TPSA) is 99.6 Å². The first-order valence-electron chi connectivity index (χ1n) is 12.6. The van der Waals surface area contributed by atoms with Crippen molar-refractivity contribution in [1.82, 2.24) is 24.6 Å². The third-order valence-corrected chi connectivity index (χ3v) is 6.95. The summed E-state index contributed by atoms with van der Waals surface area (Å²) in [6.45, 7) is 7.09. The Morgan fingerprint density at radius 2 is 1.71 bits per heavy atom. The van der Waals surface area contributed by atoms with Crippen LogP contribution < -0.4 is 15.5 Å². The first-order valence-corrected chi connectivity index (χ1v) is 12.6. The SMILES string of the molecule is Cc1c(C=CCN2CCN(c3cc(F)cc(F)c3)CC2)cnn1-c1cc(N2CCCC(O)C2)nc(N)n1.Cl. The maximum absolute atomic E-state index is 13.6. The van der Waals surface area contributed by atoms with Crippen LogP contribution in [-0.4, -0.2) is 81.7 Å². The molecule has 1 aromatic carbocycles. The van der Waals surface area contributed by atoms with Crippen molar-refractivity contribution in [2.24, 2.45) is 0 Å². The zero-order chi connectivity index (χ0) is 25.9. The van der Waals surface area contributed by atoms with E-state index in [0.717, 1.165) is 56.3 Å². The van der Waals surface area contributed by atoms with Crippen LogP contribution in [0, 0.1) is 18.6 Å². The number of halogens is 3. The van der Waals surface area contributed by atoms with Gasteiger partial charge >= 0.3 is 0 Å². The maximum Gasteiger partial charge on any atom is 0.224 e. The summed E-state index contributed by atoms with van der Waals surface area (Å²) < 4.78 is 28.9. The predicted octanol–water partition coefficient (Wildman–Crippen LogP) is 3.05. The van der Waals surface area contributed by atoms with Gasteiger partial charge in [-0.05, 0) is 31.9 Å². The second kappa shape index (κ2) is 12.1. The molecule has 0 bridgehead atoms. The first-order chi connectivity index (χ1) is 17.9. The summed E-state index contributed by atoms with van der Waals surface area (Å²) in [6, 6.07) is 5.51. The summed E-state index contributed by atoms with van der Waals surface area (Å²) in [5, 5.41) is 14.6. The lowest BCUT2D eigenvalue weighted by Crippen LogP contribution is -2.46. The monoisotopic (exact) mass is 546 g/mol. The zero-order valence-corrected chi connectivity index (χ0v) is 22.1. The van der Waals surface area contributed by atoms with Gasteiger partial charge in [0.15, 0.2) is 5.82 Å². The Bertz CT molecular complexity index is 1260. The molecule has 1 unspecified atom stereocenters. The van der Waals surface area contributed by atoms with Gasteiger partial charge in [-0.25, -0.2) is 13.5 Å². The highest BCUT2D eigenvalue weighted by Gasteiger charge is 2.21. The highest BCUT2D eigenvalue weighted by atomic mass is 35.5. The van der Waals surface area contributed by atoms with Crippen LogP contribution in [-0.2, 0) is 0 Å². The van der Waals surface area contributed by atoms with E-state index in [-0.39, 0.29) is 24.5 Å². The van der Waals surface area contributed by atoms with Gasteiger partial charge in [0.05, 0.1) is 18.0 Å². The lowest BCUT2D eigenvalue weighted by molar-refractivity contribution is 0.154. The van der Waals surface area contributed by atoms with Crippen molar-refractivity contribution in [1.29, 1.82) is 0 Å². The molecular formula is C26H33ClF2N8O. The molecule has 3 N–H and O–H groups in total. The normalized spacial score (nSPS) is 18.7. The van der Waals surface area contributed by atoms with Gasteiger partial charge < -0.3 is 20.6 Å². The number of hydrogen-bond acceptors (Lipinski definition) is 8. The summed E-state index contributed by atoms with van der Waals surface area (Å²) >= 11 is 0. The molecule has 2 saturated heterocycles. The fraction of sp³-hybridized carbons (Fsp3) is 0.423. The van der Waals surface area contributed by atoms with Gasteiger partial charge in [-0.2, -0.15) is 15.1 Å². The molecule has 0 amide bonds. The van der Waals surface area contributed by atoms with Crippen molar-refractivity contribution in [2.75, 3.05) is 61.3 Å². The fourth-order valence-electron chi connectivity index (χ4n) is 4.93. The number of nitrogens with zero attached hydrogens (tertiary/aromatic N) is 7. The summed E-state index contributed by atoms with van der Waals surface area (Å²) in [4.78, 5) is 15.1. The van der Waals surface area contributed by atoms with Crippen LogP contribution in [0.3, 0.4) is 0 Å². The molecule has 1 atom stereocenters. The number of rotatable bonds is 6. The number of nitrogen functional groups attached to an aromatic ring is 1. The minimum absolute atomic E-state index is 0. The van der Waals surface area contributed by atoms with Crippen molar-refractivity contribution >= 4 is 35.9 Å². The highest BCUT2D eigenvalue weighted by Crippen LogP contribution is 2.23. The second-order valence-corrected chi connectivity index (χ2v) is 9.60. The van der Waals surface area contributed by atoms with Gasteiger partial charge in [-0.1, -0.05) is 12.2 Å². The third-order valence-electron chi connectivity index (χ3n) is 6.95. The van der Waals surface area contributed by atoms with Crippen LogP contribution >= 0.6 is 12.4 Å². The Balaban J connectivity index is 0.00000336. The van der Waals surface area contributed by atoms with Crippen LogP contribution in [0.15, 0.2) is 36.5 Å². The largest absolute Gasteiger partial charge is 0.391 e. The number of aliphatic hydroxyl groups is 1. The molecule has 3 aromatic rings. The standard InChI is InChI=1S/C26H32F2N8O.ClH/c1-18-19(4-2-6-33-8-10-34(11-9-33)22-13-20(27)12-21(28)14-22)16-30-36(18)25-15-24(31-26(29)32-25)35-7-3-5-23(37)17-35;/h2,4,12-16,23,37H,3,5-11,17H2,1H3,(H2,29,31,32);1H. The minimum Gasteiger partial charge on any atom is -0.391 e. The third kappa shape index (κ3) is 6.40. The van der Waals surface area contributed by atoms with E-state index in [2.05, 4.69) is 26.0 Å². The van der Waals surface area contributed by atoms with Crippen LogP contribution in [0.5, 0.6) is 0 Å². The van der Waals surface area contributed by atoms with Crippen LogP contribution in [0.1, 0.15) is 24.1 Å². The molecule has 2 aromatic heterocycles. The Kier molecular flexibility index (Phi) is 8.80. The number of nitrogens with two attached hydrogens (primary N) is 1. The molecule has 0 spiro atoms. The smallest absolute Gasteiger partial charge is 0.224 e. The molecule has 2 aliphatic rings. The molecule has 4 heterocycles. The molecule has 2 aliphatic heterocycles. The van der Waals surface area contributed by atoms with E-state index in [4.69, 9.17) is 5.73 Å². The summed E-state index contributed by atoms with van der Waals surface area (Å²) in [5.74, 6) is 0.336. The molecule has 0 radical (unpaired) electrons. The van der Waals surface area contributed by atoms with Gasteiger partial charge in [0.2, 0.25) is 5.95 Å². The number of aliphatic hydroxyl groups excluding tert-OH is 1. The number of piperazine rings is 1. The second-order valence-electron chi connectivity index (χ2n) is 9.60. The fourth-order valence-corrected chi connectivity index (χ4v) is 4.93. The lowest BCUT2D eigenvalue weighted by Gasteiger charge is -2.35. The molecule has 0 saturated carbocycles. The molecular weight excluding hydrogens is 514 g/mol. The number of benzene rings is 1. The minimum atomic E-state index is -0.553. The Labute approximate surface area is 227 Å². The number of β-amino-alcohol motifs (C(OH)–C–C–N with tert-alkyl or cyclic N) is 1. The van der Waals surface area contributed by atoms with E-state index in [1.807, 2.05) is 28.9 Å². The summed E-state index contributed by atoms with van der Waals surface area (Å²) in [7, 11) is 0. The molecule has 12 heteroatoms. The van der Waals surface area contributed by atoms with E-state index >= 15 is 0 Å². The number of aromatic nitrogens is 4. The van der Waals surface area contributed by atoms with Gasteiger partial charge in [-0.15, -0.1) is 12.4 Å². The Hall–Kier alpha value is -3.28. The molecule has 204 valence electrons. The quantitative estimate of drug-likeness (QED) is 0.487. The average Bonchev–Trinajstić information content (AvgIpc) is 3.23. The van der Waals surface area contributed by atoms with E-state index in [9.17, 15) is 13.9 Å². The van der Waals surface area contributed by atoms with Gasteiger partial charge in [-0.3, -0.25) is 4.90 Å². The Morgan fingerprint density at radius 1 is 1.00 bits per heavy atom. The molecule has 9 nitrogen and oxygen atoms in total. The Morgan fingerprint density at radius 3 is 2.42 bits per heavy atom. The van der Waals surface area contributed by atoms with E-state index in [1.54, 1.807) is 10.9 Å². The predicted molar refractivity (Wildman–Crippen MR) is 147 cm³/mol. The van der Waals surface area contributed by atoms with Crippen LogP contribution in [0.4, 0.5) is 26.2 Å². The van der Waals surface area contributed by atoms with Crippen molar-refractivity contribution in [2.45, 2.75) is 25.9 Å². The van der Waals surface area contributed by atoms with Gasteiger partial charge in [0.1, 0.15) is 17.5 Å². The molecule has 5 rings (SSSR count). The van der Waals surface area contributed by atoms with Crippen molar-refractivity contribution in [3.63, 3.8) is 0 Å². The van der Waals surface area contributed by atoms with Gasteiger partial charge in [0, 0.05) is 69.2 Å². The molecule has 38 heavy (non-hydrogen) atoms. The number of piperidine rings is 1. The summed E-state index contributed by atoms with van der Waals surface area (Å²) in [6.07, 6.45) is 7.25. The van der Waals surface area contributed by atoms with E-state index in [1.165, 1.54) is 12.1 Å². The van der Waals surface area contributed by atoms with Crippen LogP contribution in [0.2, 0.25) is 0 Å². The molecule has 2 fully saturated rings. The van der Waals surface area contributed by atoms with Crippen molar-refractivity contribution in [3.05, 3.63) is 59.4 Å². The van der Waals surface area contributed by atoms with E-state index in [0.29, 0.717) is 37.0 Å². The average molecular weight is 547 g/mol. The number of anilines is 3. The lowest BCUT2D eigenvalue weighted by atomic mass is 10.1. The van der Waals surface area contributed by atoms with Crippen LogP contribution in [0.25, 0.3) is 11.9 Å². The summed E-state index contributed by atoms with van der Waals surface area (Å²) in [5.41, 5.74) is 8.49. The number of hydrogen-bond donors (Lipinski definition) is 2. The maximum atomic E-state index is 13.6. The highest BCUT2D eigenvalue weighted by molar-refractivity contribution is 5.85. The zero-order valence-electron chi connectivity index (χ0n) is 21.3. The first kappa shape index (κ1) is 27.7. The van der Waals surface area contributed by atoms with Gasteiger partial charge in [0.25, 0.3) is 0 Å². The van der Waals surface area contributed by atoms with Crippen molar-refractivity contribution in [3.8, 4) is 5.82 Å². The van der Waals surface area contributed by atoms with E-state index < -0.39 is 11.6 Å². The van der Waals surface area contributed by atoms with Crippen molar-refractivity contribution < 1.29 is 13.9 Å². The molecule has 0 aliphatic carbocycles.